The third-order valence-corrected chi connectivity index (χ3v) is 7.85. The Balaban J connectivity index is 1.03. The second-order valence-electron chi connectivity index (χ2n) is 10.7. The van der Waals surface area contributed by atoms with E-state index in [2.05, 4.69) is 20.2 Å². The lowest BCUT2D eigenvalue weighted by Gasteiger charge is -2.36. The zero-order valence-electron chi connectivity index (χ0n) is 22.3. The third kappa shape index (κ3) is 4.64. The van der Waals surface area contributed by atoms with E-state index in [-0.39, 0.29) is 47.8 Å². The van der Waals surface area contributed by atoms with Crippen LogP contribution in [-0.2, 0) is 9.53 Å². The predicted octanol–water partition coefficient (Wildman–Crippen LogP) is 1.44. The van der Waals surface area contributed by atoms with Gasteiger partial charge in [0.25, 0.3) is 5.91 Å². The van der Waals surface area contributed by atoms with E-state index in [9.17, 15) is 24.3 Å². The number of cyclic esters (lactones) is 1. The molecule has 2 saturated heterocycles. The molecule has 14 nitrogen and oxygen atoms in total. The molecule has 1 saturated carbocycles. The van der Waals surface area contributed by atoms with Gasteiger partial charge in [-0.25, -0.2) is 23.9 Å². The summed E-state index contributed by atoms with van der Waals surface area (Å²) in [5.74, 6) is -1.22. The molecule has 1 aliphatic carbocycles. The maximum Gasteiger partial charge on any atom is 0.416 e. The van der Waals surface area contributed by atoms with Gasteiger partial charge >= 0.3 is 12.1 Å². The van der Waals surface area contributed by atoms with Gasteiger partial charge in [-0.3, -0.25) is 19.4 Å². The minimum absolute atomic E-state index is 0.0335. The number of rotatable bonds is 6. The van der Waals surface area contributed by atoms with Crippen LogP contribution in [0.15, 0.2) is 29.2 Å². The quantitative estimate of drug-likeness (QED) is 0.435. The molecule has 7 rings (SSSR count). The van der Waals surface area contributed by atoms with E-state index in [1.165, 1.54) is 11.1 Å². The van der Waals surface area contributed by atoms with E-state index in [1.807, 2.05) is 0 Å². The number of ether oxygens (including phenoxy) is 2. The van der Waals surface area contributed by atoms with Crippen molar-refractivity contribution in [3.8, 4) is 5.75 Å². The van der Waals surface area contributed by atoms with Crippen LogP contribution in [-0.4, -0.2) is 94.5 Å². The van der Waals surface area contributed by atoms with Crippen LogP contribution in [0.25, 0.3) is 11.0 Å². The summed E-state index contributed by atoms with van der Waals surface area (Å²) in [6, 6.07) is 4.41. The van der Waals surface area contributed by atoms with Gasteiger partial charge in [-0.05, 0) is 31.0 Å². The minimum Gasteiger partial charge on any atom is -0.480 e. The summed E-state index contributed by atoms with van der Waals surface area (Å²) in [5, 5.41) is 12.0. The number of hydrogen-bond acceptors (Lipinski definition) is 10. The van der Waals surface area contributed by atoms with Gasteiger partial charge in [-0.1, -0.05) is 0 Å². The second-order valence-corrected chi connectivity index (χ2v) is 10.7. The highest BCUT2D eigenvalue weighted by atomic mass is 19.1. The molecule has 218 valence electrons. The fourth-order valence-corrected chi connectivity index (χ4v) is 5.58. The van der Waals surface area contributed by atoms with E-state index in [4.69, 9.17) is 9.47 Å². The van der Waals surface area contributed by atoms with Crippen molar-refractivity contribution in [2.24, 2.45) is 0 Å². The molecule has 6 heterocycles. The number of fused-ring (bicyclic) bond motifs is 2. The van der Waals surface area contributed by atoms with Gasteiger partial charge in [0.05, 0.1) is 11.9 Å². The molecular weight excluding hydrogens is 553 g/mol. The van der Waals surface area contributed by atoms with E-state index in [0.29, 0.717) is 44.3 Å². The topological polar surface area (TPSA) is 159 Å². The summed E-state index contributed by atoms with van der Waals surface area (Å²) >= 11 is 0. The van der Waals surface area contributed by atoms with Crippen molar-refractivity contribution < 1.29 is 33.4 Å². The van der Waals surface area contributed by atoms with Crippen molar-refractivity contribution in [2.75, 3.05) is 61.0 Å². The zero-order chi connectivity index (χ0) is 29.1. The standard InChI is InChI=1S/C27H26FN7O7/c28-18-9-16-22(37)17(26(38)39)12-34(14-1-2-14)24(16)31-25(18)33-7-5-32(6-8-33)10-15-11-35(27(40)42-15)20-4-3-19-23(29-20)30-21(36)13-41-19/h3-4,9,12,14-15H,1-2,5-8,10-11,13H2,(H,38,39)(H,29,30,36). The number of carbonyl (C=O) groups excluding carboxylic acids is 2. The number of amides is 2. The van der Waals surface area contributed by atoms with Gasteiger partial charge in [-0.15, -0.1) is 0 Å². The van der Waals surface area contributed by atoms with Crippen LogP contribution >= 0.6 is 0 Å². The second kappa shape index (κ2) is 9.94. The normalized spacial score (nSPS) is 20.7. The predicted molar refractivity (Wildman–Crippen MR) is 146 cm³/mol. The Morgan fingerprint density at radius 1 is 1.12 bits per heavy atom. The minimum atomic E-state index is -1.35. The Labute approximate surface area is 237 Å². The van der Waals surface area contributed by atoms with Crippen LogP contribution in [0.5, 0.6) is 5.75 Å². The smallest absolute Gasteiger partial charge is 0.416 e. The molecule has 3 aromatic heterocycles. The van der Waals surface area contributed by atoms with E-state index >= 15 is 4.39 Å². The lowest BCUT2D eigenvalue weighted by molar-refractivity contribution is -0.118. The monoisotopic (exact) mass is 579 g/mol. The van der Waals surface area contributed by atoms with E-state index < -0.39 is 35.0 Å². The Morgan fingerprint density at radius 2 is 1.90 bits per heavy atom. The summed E-state index contributed by atoms with van der Waals surface area (Å²) in [7, 11) is 0. The van der Waals surface area contributed by atoms with Crippen molar-refractivity contribution in [3.63, 3.8) is 0 Å². The van der Waals surface area contributed by atoms with E-state index in [1.54, 1.807) is 21.6 Å². The zero-order valence-corrected chi connectivity index (χ0v) is 22.3. The number of hydrogen-bond donors (Lipinski definition) is 2. The van der Waals surface area contributed by atoms with Crippen molar-refractivity contribution in [2.45, 2.75) is 25.0 Å². The SMILES string of the molecule is O=C1COc2ccc(N3CC(CN4CCN(c5nc6c(cc5F)c(=O)c(C(=O)O)cn6C5CC5)CC4)OC3=O)nc2N1. The number of nitrogens with one attached hydrogen (secondary N) is 1. The number of carboxylic acids is 1. The molecule has 0 spiro atoms. The summed E-state index contributed by atoms with van der Waals surface area (Å²) in [5.41, 5.74) is -0.862. The van der Waals surface area contributed by atoms with E-state index in [0.717, 1.165) is 18.9 Å². The first-order chi connectivity index (χ1) is 20.2. The molecule has 3 aliphatic heterocycles. The molecule has 1 atom stereocenters. The number of anilines is 3. The summed E-state index contributed by atoms with van der Waals surface area (Å²) in [4.78, 5) is 62.8. The number of nitrogens with zero attached hydrogens (tertiary/aromatic N) is 6. The Morgan fingerprint density at radius 3 is 2.64 bits per heavy atom. The molecule has 0 radical (unpaired) electrons. The first-order valence-corrected chi connectivity index (χ1v) is 13.6. The summed E-state index contributed by atoms with van der Waals surface area (Å²) in [6.45, 7) is 2.67. The van der Waals surface area contributed by atoms with Gasteiger partial charge in [0.1, 0.15) is 23.1 Å². The van der Waals surface area contributed by atoms with Crippen LogP contribution in [0.4, 0.5) is 26.6 Å². The summed E-state index contributed by atoms with van der Waals surface area (Å²) in [6.07, 6.45) is 2.03. The number of piperazine rings is 1. The molecule has 2 N–H and O–H groups in total. The van der Waals surface area contributed by atoms with Gasteiger partial charge in [0, 0.05) is 45.0 Å². The molecule has 42 heavy (non-hydrogen) atoms. The van der Waals surface area contributed by atoms with Crippen molar-refractivity contribution in [1.29, 1.82) is 0 Å². The molecule has 15 heteroatoms. The summed E-state index contributed by atoms with van der Waals surface area (Å²) < 4.78 is 27.8. The average Bonchev–Trinajstić information content (AvgIpc) is 3.75. The fourth-order valence-electron chi connectivity index (χ4n) is 5.58. The van der Waals surface area contributed by atoms with Crippen molar-refractivity contribution in [1.82, 2.24) is 19.4 Å². The number of pyridine rings is 3. The molecule has 1 unspecified atom stereocenters. The van der Waals surface area contributed by atoms with Crippen LogP contribution in [0.2, 0.25) is 0 Å². The first-order valence-electron chi connectivity index (χ1n) is 13.6. The highest BCUT2D eigenvalue weighted by molar-refractivity contribution is 5.95. The molecule has 4 aliphatic rings. The molecule has 3 fully saturated rings. The van der Waals surface area contributed by atoms with Crippen molar-refractivity contribution in [3.05, 3.63) is 46.0 Å². The first kappa shape index (κ1) is 26.1. The van der Waals surface area contributed by atoms with Crippen LogP contribution in [0.3, 0.4) is 0 Å². The number of aromatic carboxylic acids is 1. The molecule has 3 aromatic rings. The maximum absolute atomic E-state index is 15.3. The number of carbonyl (C=O) groups is 3. The molecule has 0 aromatic carbocycles. The lowest BCUT2D eigenvalue weighted by Crippen LogP contribution is -2.49. The van der Waals surface area contributed by atoms with Gasteiger partial charge < -0.3 is 29.4 Å². The maximum atomic E-state index is 15.3. The third-order valence-electron chi connectivity index (χ3n) is 7.85. The highest BCUT2D eigenvalue weighted by Crippen LogP contribution is 2.37. The Kier molecular flexibility index (Phi) is 6.18. The molecular formula is C27H26FN7O7. The lowest BCUT2D eigenvalue weighted by atomic mass is 10.1. The fraction of sp³-hybridized carbons (Fsp3) is 0.407. The van der Waals surface area contributed by atoms with Gasteiger partial charge in [-0.2, -0.15) is 0 Å². The van der Waals surface area contributed by atoms with Crippen molar-refractivity contribution >= 4 is 46.5 Å². The van der Waals surface area contributed by atoms with Crippen LogP contribution in [0.1, 0.15) is 29.2 Å². The molecule has 0 bridgehead atoms. The molecule has 2 amide bonds. The Bertz CT molecular complexity index is 1700. The van der Waals surface area contributed by atoms with Crippen LogP contribution in [0, 0.1) is 5.82 Å². The van der Waals surface area contributed by atoms with Crippen LogP contribution < -0.4 is 25.3 Å². The Hall–Kier alpha value is -4.79. The highest BCUT2D eigenvalue weighted by Gasteiger charge is 2.36. The van der Waals surface area contributed by atoms with Gasteiger partial charge in [0.15, 0.2) is 29.8 Å². The average molecular weight is 580 g/mol. The number of carboxylic acid groups (broad SMARTS) is 1. The number of halogens is 1. The largest absolute Gasteiger partial charge is 0.480 e. The number of aromatic nitrogens is 3. The van der Waals surface area contributed by atoms with Gasteiger partial charge in [0.2, 0.25) is 5.43 Å².